The third-order valence-corrected chi connectivity index (χ3v) is 4.86. The van der Waals surface area contributed by atoms with Gasteiger partial charge in [-0.15, -0.1) is 11.3 Å². The number of ketones is 1. The Hall–Kier alpha value is -2.21. The number of ether oxygens (including phenoxy) is 1. The van der Waals surface area contributed by atoms with E-state index >= 15 is 0 Å². The van der Waals surface area contributed by atoms with Crippen LogP contribution in [0, 0.1) is 0 Å². The van der Waals surface area contributed by atoms with Crippen molar-refractivity contribution in [3.63, 3.8) is 0 Å². The predicted octanol–water partition coefficient (Wildman–Crippen LogP) is 4.70. The van der Waals surface area contributed by atoms with Gasteiger partial charge in [0.05, 0.1) is 0 Å². The molecule has 2 aromatic rings. The number of rotatable bonds is 5. The summed E-state index contributed by atoms with van der Waals surface area (Å²) in [6.45, 7) is 12.6. The van der Waals surface area contributed by atoms with Gasteiger partial charge in [0.15, 0.2) is 17.3 Å². The van der Waals surface area contributed by atoms with Crippen LogP contribution in [-0.4, -0.2) is 28.4 Å². The number of hydrogen-bond donors (Lipinski definition) is 1. The molecule has 0 aliphatic carbocycles. The van der Waals surface area contributed by atoms with Crippen LogP contribution in [0.15, 0.2) is 23.6 Å². The first kappa shape index (κ1) is 20.1. The van der Waals surface area contributed by atoms with Gasteiger partial charge in [-0.05, 0) is 28.0 Å². The van der Waals surface area contributed by atoms with Gasteiger partial charge in [-0.2, -0.15) is 0 Å². The van der Waals surface area contributed by atoms with E-state index in [1.807, 2.05) is 12.1 Å². The molecule has 0 saturated carbocycles. The average Bonchev–Trinajstić information content (AvgIpc) is 3.01. The van der Waals surface area contributed by atoms with Gasteiger partial charge < -0.3 is 9.84 Å². The summed E-state index contributed by atoms with van der Waals surface area (Å²) in [6, 6.07) is 6.05. The highest BCUT2D eigenvalue weighted by molar-refractivity contribution is 7.12. The third kappa shape index (κ3) is 4.69. The molecule has 0 unspecified atom stereocenters. The number of carbonyl (C=O) groups excluding carboxylic acids is 1. The molecule has 5 nitrogen and oxygen atoms in total. The van der Waals surface area contributed by atoms with Crippen LogP contribution < -0.4 is 4.74 Å². The van der Waals surface area contributed by atoms with E-state index in [-0.39, 0.29) is 33.9 Å². The number of nitrogens with zero attached hydrogens (tertiary/aromatic N) is 1. The van der Waals surface area contributed by atoms with E-state index < -0.39 is 5.97 Å². The van der Waals surface area contributed by atoms with E-state index in [1.165, 1.54) is 10.9 Å². The summed E-state index contributed by atoms with van der Waals surface area (Å²) in [5.41, 5.74) is 1.98. The Kier molecular flexibility index (Phi) is 5.56. The molecule has 0 saturated heterocycles. The number of Topliss-reactive ketones (excluding diaryl/α,β-unsaturated/α-hetero) is 1. The fraction of sp³-hybridized carbons (Fsp3) is 0.450. The lowest BCUT2D eigenvalue weighted by molar-refractivity contribution is 0.0691. The lowest BCUT2D eigenvalue weighted by atomic mass is 9.80. The lowest BCUT2D eigenvalue weighted by Crippen LogP contribution is -2.19. The molecule has 1 N–H and O–H groups in total. The molecule has 6 heteroatoms. The quantitative estimate of drug-likeness (QED) is 0.767. The van der Waals surface area contributed by atoms with Crippen LogP contribution in [0.25, 0.3) is 0 Å². The Morgan fingerprint density at radius 3 is 2.27 bits per heavy atom. The van der Waals surface area contributed by atoms with Crippen LogP contribution in [0.2, 0.25) is 0 Å². The SMILES string of the molecule is CC(C)(C)c1ccc(OCC(=O)c2nc(C(=O)O)cs2)c(C(C)(C)C)c1. The molecule has 1 heterocycles. The fourth-order valence-electron chi connectivity index (χ4n) is 2.41. The Bertz CT molecular complexity index is 825. The van der Waals surface area contributed by atoms with E-state index in [1.54, 1.807) is 0 Å². The van der Waals surface area contributed by atoms with Gasteiger partial charge in [0, 0.05) is 5.38 Å². The normalized spacial score (nSPS) is 12.1. The molecule has 0 bridgehead atoms. The summed E-state index contributed by atoms with van der Waals surface area (Å²) in [4.78, 5) is 27.0. The molecular formula is C20H25NO4S. The second-order valence-electron chi connectivity index (χ2n) is 8.27. The minimum atomic E-state index is -1.14. The molecule has 0 aliphatic rings. The van der Waals surface area contributed by atoms with Gasteiger partial charge in [-0.3, -0.25) is 4.79 Å². The van der Waals surface area contributed by atoms with E-state index in [4.69, 9.17) is 9.84 Å². The number of aromatic nitrogens is 1. The fourth-order valence-corrected chi connectivity index (χ4v) is 3.13. The highest BCUT2D eigenvalue weighted by atomic mass is 32.1. The first-order chi connectivity index (χ1) is 11.9. The van der Waals surface area contributed by atoms with Crippen LogP contribution in [0.3, 0.4) is 0 Å². The van der Waals surface area contributed by atoms with Crippen LogP contribution in [-0.2, 0) is 10.8 Å². The topological polar surface area (TPSA) is 76.5 Å². The van der Waals surface area contributed by atoms with Crippen LogP contribution in [0.5, 0.6) is 5.75 Å². The standard InChI is InChI=1S/C20H25NO4S/c1-19(2,3)12-7-8-16(13(9-12)20(4,5)6)25-10-15(22)17-21-14(11-26-17)18(23)24/h7-9,11H,10H2,1-6H3,(H,23,24). The maximum Gasteiger partial charge on any atom is 0.355 e. The second-order valence-corrected chi connectivity index (χ2v) is 9.12. The van der Waals surface area contributed by atoms with Crippen molar-refractivity contribution in [3.8, 4) is 5.75 Å². The number of hydrogen-bond acceptors (Lipinski definition) is 5. The van der Waals surface area contributed by atoms with E-state index in [0.29, 0.717) is 5.75 Å². The predicted molar refractivity (Wildman–Crippen MR) is 103 cm³/mol. The second kappa shape index (κ2) is 7.19. The van der Waals surface area contributed by atoms with Crippen molar-refractivity contribution in [2.75, 3.05) is 6.61 Å². The minimum absolute atomic E-state index is 0.0163. The van der Waals surface area contributed by atoms with Gasteiger partial charge in [-0.1, -0.05) is 53.7 Å². The number of carbonyl (C=O) groups is 2. The van der Waals surface area contributed by atoms with E-state index in [2.05, 4.69) is 52.6 Å². The third-order valence-electron chi connectivity index (χ3n) is 3.97. The molecule has 0 aliphatic heterocycles. The van der Waals surface area contributed by atoms with Crippen molar-refractivity contribution in [2.45, 2.75) is 52.4 Å². The van der Waals surface area contributed by atoms with Crippen molar-refractivity contribution in [2.24, 2.45) is 0 Å². The van der Waals surface area contributed by atoms with Crippen molar-refractivity contribution in [3.05, 3.63) is 45.4 Å². The number of thiazole rings is 1. The molecule has 0 atom stereocenters. The van der Waals surface area contributed by atoms with Crippen molar-refractivity contribution in [1.29, 1.82) is 0 Å². The summed E-state index contributed by atoms with van der Waals surface area (Å²) in [6.07, 6.45) is 0. The zero-order valence-corrected chi connectivity index (χ0v) is 16.9. The molecule has 26 heavy (non-hydrogen) atoms. The molecule has 140 valence electrons. The summed E-state index contributed by atoms with van der Waals surface area (Å²) >= 11 is 1.02. The van der Waals surface area contributed by atoms with Crippen LogP contribution >= 0.6 is 11.3 Å². The van der Waals surface area contributed by atoms with E-state index in [9.17, 15) is 9.59 Å². The van der Waals surface area contributed by atoms with Crippen molar-refractivity contribution >= 4 is 23.1 Å². The van der Waals surface area contributed by atoms with E-state index in [0.717, 1.165) is 16.9 Å². The number of carboxylic acids is 1. The molecule has 0 fully saturated rings. The molecule has 0 radical (unpaired) electrons. The molecule has 1 aromatic carbocycles. The van der Waals surface area contributed by atoms with Gasteiger partial charge in [0.1, 0.15) is 5.75 Å². The maximum atomic E-state index is 12.3. The molecule has 2 rings (SSSR count). The van der Waals surface area contributed by atoms with Crippen molar-refractivity contribution < 1.29 is 19.4 Å². The summed E-state index contributed by atoms with van der Waals surface area (Å²) in [5, 5.41) is 10.4. The largest absolute Gasteiger partial charge is 0.485 e. The Balaban J connectivity index is 2.23. The Labute approximate surface area is 158 Å². The zero-order valence-electron chi connectivity index (χ0n) is 16.0. The average molecular weight is 375 g/mol. The number of carboxylic acid groups (broad SMARTS) is 1. The minimum Gasteiger partial charge on any atom is -0.485 e. The number of benzene rings is 1. The van der Waals surface area contributed by atoms with Gasteiger partial charge in [0.2, 0.25) is 5.78 Å². The molecule has 0 spiro atoms. The molecule has 0 amide bonds. The van der Waals surface area contributed by atoms with Gasteiger partial charge in [-0.25, -0.2) is 9.78 Å². The van der Waals surface area contributed by atoms with Crippen molar-refractivity contribution in [1.82, 2.24) is 4.98 Å². The highest BCUT2D eigenvalue weighted by Crippen LogP contribution is 2.35. The molecule has 1 aromatic heterocycles. The summed E-state index contributed by atoms with van der Waals surface area (Å²) in [7, 11) is 0. The van der Waals surface area contributed by atoms with Crippen LogP contribution in [0.1, 0.15) is 73.0 Å². The Morgan fingerprint density at radius 2 is 1.77 bits per heavy atom. The first-order valence-corrected chi connectivity index (χ1v) is 9.27. The monoisotopic (exact) mass is 375 g/mol. The smallest absolute Gasteiger partial charge is 0.355 e. The molecular weight excluding hydrogens is 350 g/mol. The van der Waals surface area contributed by atoms with Gasteiger partial charge >= 0.3 is 5.97 Å². The maximum absolute atomic E-state index is 12.3. The Morgan fingerprint density at radius 1 is 1.12 bits per heavy atom. The lowest BCUT2D eigenvalue weighted by Gasteiger charge is -2.27. The summed E-state index contributed by atoms with van der Waals surface area (Å²) < 4.78 is 5.79. The zero-order chi connectivity index (χ0) is 19.7. The van der Waals surface area contributed by atoms with Crippen LogP contribution in [0.4, 0.5) is 0 Å². The first-order valence-electron chi connectivity index (χ1n) is 8.39. The number of aromatic carboxylic acids is 1. The van der Waals surface area contributed by atoms with Gasteiger partial charge in [0.25, 0.3) is 0 Å². The highest BCUT2D eigenvalue weighted by Gasteiger charge is 2.24. The summed E-state index contributed by atoms with van der Waals surface area (Å²) in [5.74, 6) is -0.815.